The van der Waals surface area contributed by atoms with Crippen LogP contribution >= 0.6 is 0 Å². The molecule has 2 aliphatic heterocycles. The first-order valence-corrected chi connectivity index (χ1v) is 7.32. The summed E-state index contributed by atoms with van der Waals surface area (Å²) in [6.45, 7) is 5.69. The van der Waals surface area contributed by atoms with Crippen molar-refractivity contribution < 1.29 is 19.4 Å². The molecule has 0 aromatic rings. The van der Waals surface area contributed by atoms with Gasteiger partial charge in [0.05, 0.1) is 11.5 Å². The molecule has 6 heteroatoms. The predicted octanol–water partition coefficient (Wildman–Crippen LogP) is 1.45. The first-order chi connectivity index (χ1) is 9.41. The Morgan fingerprint density at radius 2 is 2.25 bits per heavy atom. The van der Waals surface area contributed by atoms with Gasteiger partial charge in [-0.2, -0.15) is 0 Å². The van der Waals surface area contributed by atoms with Gasteiger partial charge in [0, 0.05) is 25.7 Å². The van der Waals surface area contributed by atoms with Gasteiger partial charge in [0.2, 0.25) is 0 Å². The van der Waals surface area contributed by atoms with Crippen molar-refractivity contribution in [2.45, 2.75) is 51.2 Å². The number of piperidine rings is 1. The lowest BCUT2D eigenvalue weighted by Crippen LogP contribution is -2.52. The van der Waals surface area contributed by atoms with Crippen molar-refractivity contribution in [1.29, 1.82) is 0 Å². The fourth-order valence-electron chi connectivity index (χ4n) is 3.04. The normalized spacial score (nSPS) is 34.0. The van der Waals surface area contributed by atoms with E-state index in [0.717, 1.165) is 19.4 Å². The molecule has 20 heavy (non-hydrogen) atoms. The molecule has 2 heterocycles. The molecule has 0 radical (unpaired) electrons. The van der Waals surface area contributed by atoms with E-state index in [1.807, 2.05) is 13.8 Å². The molecule has 2 rings (SSSR count). The number of carboxylic acid groups (broad SMARTS) is 1. The Bertz CT molecular complexity index is 379. The highest BCUT2D eigenvalue weighted by Crippen LogP contribution is 2.25. The van der Waals surface area contributed by atoms with Crippen molar-refractivity contribution in [3.05, 3.63) is 0 Å². The molecule has 0 aliphatic carbocycles. The Morgan fingerprint density at radius 3 is 2.80 bits per heavy atom. The molecule has 0 aromatic carbocycles. The third kappa shape index (κ3) is 3.42. The van der Waals surface area contributed by atoms with Gasteiger partial charge in [-0.05, 0) is 39.5 Å². The van der Waals surface area contributed by atoms with Gasteiger partial charge < -0.3 is 20.1 Å². The number of hydrogen-bond acceptors (Lipinski definition) is 3. The minimum Gasteiger partial charge on any atom is -0.481 e. The molecule has 0 spiro atoms. The van der Waals surface area contributed by atoms with Crippen molar-refractivity contribution in [2.75, 3.05) is 19.7 Å². The van der Waals surface area contributed by atoms with Crippen LogP contribution in [0.1, 0.15) is 39.5 Å². The smallest absolute Gasteiger partial charge is 0.317 e. The molecule has 2 saturated heterocycles. The summed E-state index contributed by atoms with van der Waals surface area (Å²) in [4.78, 5) is 24.9. The Kier molecular flexibility index (Phi) is 4.52. The van der Waals surface area contributed by atoms with E-state index in [1.165, 1.54) is 0 Å². The third-order valence-corrected chi connectivity index (χ3v) is 4.40. The summed E-state index contributed by atoms with van der Waals surface area (Å²) in [5.41, 5.74) is -0.252. The molecule has 0 aromatic heterocycles. The fourth-order valence-corrected chi connectivity index (χ4v) is 3.04. The minimum absolute atomic E-state index is 0.0397. The van der Waals surface area contributed by atoms with Crippen LogP contribution in [-0.4, -0.2) is 53.3 Å². The molecular formula is C14H24N2O4. The molecule has 2 aliphatic rings. The molecule has 3 atom stereocenters. The van der Waals surface area contributed by atoms with E-state index < -0.39 is 5.97 Å². The number of nitrogens with zero attached hydrogens (tertiary/aromatic N) is 1. The molecule has 2 N–H and O–H groups in total. The first kappa shape index (κ1) is 15.1. The fraction of sp³-hybridized carbons (Fsp3) is 0.857. The number of carbonyl (C=O) groups excluding carboxylic acids is 1. The third-order valence-electron chi connectivity index (χ3n) is 4.40. The SMILES string of the molecule is CC1CC(C(=O)O)CCN1C(=O)NCC1(C)CCCO1. The minimum atomic E-state index is -0.760. The molecule has 0 bridgehead atoms. The number of carbonyl (C=O) groups is 2. The number of rotatable bonds is 3. The van der Waals surface area contributed by atoms with Crippen molar-refractivity contribution >= 4 is 12.0 Å². The Labute approximate surface area is 119 Å². The van der Waals surface area contributed by atoms with Crippen LogP contribution < -0.4 is 5.32 Å². The Balaban J connectivity index is 1.82. The van der Waals surface area contributed by atoms with Crippen LogP contribution in [0.4, 0.5) is 4.79 Å². The van der Waals surface area contributed by atoms with E-state index in [2.05, 4.69) is 5.32 Å². The van der Waals surface area contributed by atoms with Gasteiger partial charge in [0.15, 0.2) is 0 Å². The van der Waals surface area contributed by atoms with Gasteiger partial charge in [-0.25, -0.2) is 4.79 Å². The van der Waals surface area contributed by atoms with Gasteiger partial charge in [0.25, 0.3) is 0 Å². The highest BCUT2D eigenvalue weighted by molar-refractivity contribution is 5.75. The Hall–Kier alpha value is -1.30. The van der Waals surface area contributed by atoms with Crippen molar-refractivity contribution in [2.24, 2.45) is 5.92 Å². The summed E-state index contributed by atoms with van der Waals surface area (Å²) < 4.78 is 5.64. The van der Waals surface area contributed by atoms with Crippen LogP contribution in [0, 0.1) is 5.92 Å². The zero-order chi connectivity index (χ0) is 14.8. The van der Waals surface area contributed by atoms with Crippen molar-refractivity contribution in [3.8, 4) is 0 Å². The van der Waals surface area contributed by atoms with E-state index in [0.29, 0.717) is 25.9 Å². The maximum Gasteiger partial charge on any atom is 0.317 e. The largest absolute Gasteiger partial charge is 0.481 e. The van der Waals surface area contributed by atoms with Gasteiger partial charge in [-0.15, -0.1) is 0 Å². The second kappa shape index (κ2) is 5.99. The van der Waals surface area contributed by atoms with Gasteiger partial charge in [0.1, 0.15) is 0 Å². The summed E-state index contributed by atoms with van der Waals surface area (Å²) >= 11 is 0. The molecule has 114 valence electrons. The maximum absolute atomic E-state index is 12.2. The number of ether oxygens (including phenoxy) is 1. The van der Waals surface area contributed by atoms with Crippen LogP contribution in [0.5, 0.6) is 0 Å². The maximum atomic E-state index is 12.2. The number of carboxylic acids is 1. The molecule has 2 amide bonds. The zero-order valence-electron chi connectivity index (χ0n) is 12.2. The lowest BCUT2D eigenvalue weighted by molar-refractivity contribution is -0.143. The number of nitrogens with one attached hydrogen (secondary N) is 1. The summed E-state index contributed by atoms with van der Waals surface area (Å²) in [7, 11) is 0. The van der Waals surface area contributed by atoms with Crippen molar-refractivity contribution in [1.82, 2.24) is 10.2 Å². The molecular weight excluding hydrogens is 260 g/mol. The second-order valence-corrected chi connectivity index (χ2v) is 6.16. The van der Waals surface area contributed by atoms with Gasteiger partial charge in [-0.3, -0.25) is 4.79 Å². The van der Waals surface area contributed by atoms with E-state index in [-0.39, 0.29) is 23.6 Å². The van der Waals surface area contributed by atoms with Crippen molar-refractivity contribution in [3.63, 3.8) is 0 Å². The summed E-state index contributed by atoms with van der Waals surface area (Å²) in [5, 5.41) is 11.9. The van der Waals surface area contributed by atoms with Crippen LogP contribution in [0.3, 0.4) is 0 Å². The van der Waals surface area contributed by atoms with Crippen LogP contribution in [0.2, 0.25) is 0 Å². The van der Waals surface area contributed by atoms with Gasteiger partial charge in [-0.1, -0.05) is 0 Å². The number of amides is 2. The number of likely N-dealkylation sites (tertiary alicyclic amines) is 1. The highest BCUT2D eigenvalue weighted by atomic mass is 16.5. The van der Waals surface area contributed by atoms with Crippen LogP contribution in [-0.2, 0) is 9.53 Å². The second-order valence-electron chi connectivity index (χ2n) is 6.16. The quantitative estimate of drug-likeness (QED) is 0.822. The predicted molar refractivity (Wildman–Crippen MR) is 73.5 cm³/mol. The highest BCUT2D eigenvalue weighted by Gasteiger charge is 2.34. The van der Waals surface area contributed by atoms with E-state index in [9.17, 15) is 9.59 Å². The summed E-state index contributed by atoms with van der Waals surface area (Å²) in [6, 6.07) is -0.153. The van der Waals surface area contributed by atoms with Crippen LogP contribution in [0.25, 0.3) is 0 Å². The summed E-state index contributed by atoms with van der Waals surface area (Å²) in [6.07, 6.45) is 3.05. The molecule has 0 saturated carbocycles. The number of urea groups is 1. The van der Waals surface area contributed by atoms with E-state index in [1.54, 1.807) is 4.90 Å². The van der Waals surface area contributed by atoms with E-state index in [4.69, 9.17) is 9.84 Å². The van der Waals surface area contributed by atoms with Gasteiger partial charge >= 0.3 is 12.0 Å². The summed E-state index contributed by atoms with van der Waals surface area (Å²) in [5.74, 6) is -1.09. The number of hydrogen-bond donors (Lipinski definition) is 2. The van der Waals surface area contributed by atoms with Crippen LogP contribution in [0.15, 0.2) is 0 Å². The average Bonchev–Trinajstić information content (AvgIpc) is 2.83. The first-order valence-electron chi connectivity index (χ1n) is 7.32. The monoisotopic (exact) mass is 284 g/mol. The molecule has 2 fully saturated rings. The standard InChI is InChI=1S/C14H24N2O4/c1-10-8-11(12(17)18)4-6-16(10)13(19)15-9-14(2)5-3-7-20-14/h10-11H,3-9H2,1-2H3,(H,15,19)(H,17,18). The Morgan fingerprint density at radius 1 is 1.50 bits per heavy atom. The lowest BCUT2D eigenvalue weighted by atomic mass is 9.92. The number of aliphatic carboxylic acids is 1. The molecule has 3 unspecified atom stereocenters. The van der Waals surface area contributed by atoms with E-state index >= 15 is 0 Å². The lowest BCUT2D eigenvalue weighted by Gasteiger charge is -2.37. The molecule has 6 nitrogen and oxygen atoms in total. The zero-order valence-corrected chi connectivity index (χ0v) is 12.2. The topological polar surface area (TPSA) is 78.9 Å². The average molecular weight is 284 g/mol.